The first-order chi connectivity index (χ1) is 17.6. The second-order valence-electron chi connectivity index (χ2n) is 8.76. The van der Waals surface area contributed by atoms with Crippen LogP contribution in [0.25, 0.3) is 0 Å². The third kappa shape index (κ3) is 5.05. The number of amides is 1. The minimum Gasteiger partial charge on any atom is -0.375 e. The van der Waals surface area contributed by atoms with E-state index in [0.717, 1.165) is 16.1 Å². The average molecular weight is 549 g/mol. The zero-order valence-electron chi connectivity index (χ0n) is 19.5. The van der Waals surface area contributed by atoms with Gasteiger partial charge < -0.3 is 10.2 Å². The summed E-state index contributed by atoms with van der Waals surface area (Å²) < 4.78 is 66.4. The summed E-state index contributed by atoms with van der Waals surface area (Å²) in [5, 5.41) is 3.17. The molecule has 1 atom stereocenters. The third-order valence-electron chi connectivity index (χ3n) is 6.41. The predicted octanol–water partition coefficient (Wildman–Crippen LogP) is 4.87. The van der Waals surface area contributed by atoms with E-state index in [4.69, 9.17) is 0 Å². The zero-order chi connectivity index (χ0) is 26.2. The van der Waals surface area contributed by atoms with Crippen LogP contribution in [0, 0.1) is 0 Å². The number of nitrogens with one attached hydrogen (secondary N) is 1. The number of sulfonamides is 1. The van der Waals surface area contributed by atoms with Gasteiger partial charge in [0.15, 0.2) is 0 Å². The van der Waals surface area contributed by atoms with E-state index in [1.165, 1.54) is 4.90 Å². The van der Waals surface area contributed by atoms with Crippen LogP contribution in [0.15, 0.2) is 71.8 Å². The number of para-hydroxylation sites is 1. The first-order valence-corrected chi connectivity index (χ1v) is 14.0. The van der Waals surface area contributed by atoms with Crippen LogP contribution in [0.3, 0.4) is 0 Å². The van der Waals surface area contributed by atoms with Gasteiger partial charge in [-0.1, -0.05) is 48.5 Å². The van der Waals surface area contributed by atoms with Crippen molar-refractivity contribution >= 4 is 39.1 Å². The Morgan fingerprint density at radius 1 is 1.11 bits per heavy atom. The number of rotatable bonds is 5. The number of hydrogen-bond donors (Lipinski definition) is 1. The molecule has 2 aliphatic heterocycles. The summed E-state index contributed by atoms with van der Waals surface area (Å²) in [5.74, 6) is 0.142. The van der Waals surface area contributed by atoms with Gasteiger partial charge in [0.1, 0.15) is 5.69 Å². The van der Waals surface area contributed by atoms with Crippen molar-refractivity contribution in [3.8, 4) is 0 Å². The minimum atomic E-state index is -5.64. The molecule has 1 N–H and O–H groups in total. The number of pyridine rings is 1. The number of aryl methyl sites for hydroxylation is 1. The van der Waals surface area contributed by atoms with Crippen molar-refractivity contribution in [1.29, 1.82) is 0 Å². The second-order valence-corrected chi connectivity index (χ2v) is 11.7. The summed E-state index contributed by atoms with van der Waals surface area (Å²) >= 11 is 1.55. The Bertz CT molecular complexity index is 1420. The summed E-state index contributed by atoms with van der Waals surface area (Å²) in [4.78, 5) is 20.6. The molecule has 2 aromatic carbocycles. The van der Waals surface area contributed by atoms with E-state index in [0.29, 0.717) is 27.9 Å². The van der Waals surface area contributed by atoms with Gasteiger partial charge in [0.05, 0.1) is 22.5 Å². The van der Waals surface area contributed by atoms with Crippen LogP contribution in [0.4, 0.5) is 24.5 Å². The molecule has 0 unspecified atom stereocenters. The first-order valence-electron chi connectivity index (χ1n) is 11.5. The van der Waals surface area contributed by atoms with Gasteiger partial charge >= 0.3 is 15.5 Å². The Kier molecular flexibility index (Phi) is 6.90. The van der Waals surface area contributed by atoms with Crippen LogP contribution < -0.4 is 10.2 Å². The quantitative estimate of drug-likeness (QED) is 0.490. The molecule has 3 heterocycles. The molecule has 37 heavy (non-hydrogen) atoms. The lowest BCUT2D eigenvalue weighted by Gasteiger charge is -2.32. The topological polar surface area (TPSA) is 82.6 Å². The van der Waals surface area contributed by atoms with E-state index in [9.17, 15) is 26.4 Å². The maximum absolute atomic E-state index is 13.9. The predicted molar refractivity (Wildman–Crippen MR) is 136 cm³/mol. The van der Waals surface area contributed by atoms with Gasteiger partial charge in [0.25, 0.3) is 5.91 Å². The number of carbonyl (C=O) groups is 1. The van der Waals surface area contributed by atoms with Gasteiger partial charge in [-0.2, -0.15) is 17.5 Å². The summed E-state index contributed by atoms with van der Waals surface area (Å²) in [6, 6.07) is 16.5. The maximum atomic E-state index is 13.9. The number of benzene rings is 2. The smallest absolute Gasteiger partial charge is 0.375 e. The molecule has 0 saturated heterocycles. The van der Waals surface area contributed by atoms with Gasteiger partial charge in [0, 0.05) is 25.0 Å². The largest absolute Gasteiger partial charge is 0.511 e. The van der Waals surface area contributed by atoms with Crippen LogP contribution in [0.2, 0.25) is 0 Å². The van der Waals surface area contributed by atoms with Gasteiger partial charge in [0.2, 0.25) is 0 Å². The molecule has 2 aliphatic rings. The SMILES string of the molecule is O=C(c1cc2c(cn1)SCN2)N1c2ccccc2CN(S(=O)(=O)C(F)(F)F)C[C@@H]1CCc1ccccc1. The Hall–Kier alpha value is -3.09. The number of aromatic nitrogens is 1. The number of thioether (sulfide) groups is 1. The Morgan fingerprint density at radius 2 is 1.84 bits per heavy atom. The second kappa shape index (κ2) is 9.99. The number of nitrogens with zero attached hydrogens (tertiary/aromatic N) is 3. The molecular weight excluding hydrogens is 525 g/mol. The maximum Gasteiger partial charge on any atom is 0.511 e. The molecule has 0 saturated carbocycles. The molecule has 0 spiro atoms. The van der Waals surface area contributed by atoms with E-state index in [2.05, 4.69) is 10.3 Å². The number of carbonyl (C=O) groups excluding carboxylic acids is 1. The molecule has 7 nitrogen and oxygen atoms in total. The molecule has 3 aromatic rings. The van der Waals surface area contributed by atoms with E-state index < -0.39 is 40.6 Å². The van der Waals surface area contributed by atoms with Crippen LogP contribution in [0.1, 0.15) is 28.0 Å². The molecule has 1 amide bonds. The summed E-state index contributed by atoms with van der Waals surface area (Å²) in [6.07, 6.45) is 2.27. The summed E-state index contributed by atoms with van der Waals surface area (Å²) in [6.45, 7) is -1.01. The van der Waals surface area contributed by atoms with Crippen molar-refractivity contribution in [2.24, 2.45) is 0 Å². The zero-order valence-corrected chi connectivity index (χ0v) is 21.1. The molecule has 0 bridgehead atoms. The molecule has 0 fully saturated rings. The normalized spacial score (nSPS) is 18.0. The number of hydrogen-bond acceptors (Lipinski definition) is 6. The lowest BCUT2D eigenvalue weighted by atomic mass is 10.0. The number of halogens is 3. The fourth-order valence-corrected chi connectivity index (χ4v) is 6.35. The number of alkyl halides is 3. The van der Waals surface area contributed by atoms with Gasteiger partial charge in [-0.25, -0.2) is 13.4 Å². The highest BCUT2D eigenvalue weighted by Crippen LogP contribution is 2.37. The summed E-state index contributed by atoms with van der Waals surface area (Å²) in [7, 11) is -5.64. The van der Waals surface area contributed by atoms with Crippen molar-refractivity contribution in [3.05, 3.63) is 83.7 Å². The molecule has 194 valence electrons. The van der Waals surface area contributed by atoms with Crippen molar-refractivity contribution in [3.63, 3.8) is 0 Å². The number of anilines is 2. The van der Waals surface area contributed by atoms with Gasteiger partial charge in [-0.3, -0.25) is 4.79 Å². The van der Waals surface area contributed by atoms with Crippen molar-refractivity contribution in [2.75, 3.05) is 22.6 Å². The highest BCUT2D eigenvalue weighted by molar-refractivity contribution is 7.99. The average Bonchev–Trinajstić information content (AvgIpc) is 3.28. The lowest BCUT2D eigenvalue weighted by molar-refractivity contribution is -0.0492. The van der Waals surface area contributed by atoms with Gasteiger partial charge in [-0.05, 0) is 36.1 Å². The fourth-order valence-electron chi connectivity index (χ4n) is 4.58. The van der Waals surface area contributed by atoms with Crippen LogP contribution in [-0.4, -0.2) is 47.6 Å². The molecule has 1 aromatic heterocycles. The molecule has 5 rings (SSSR count). The highest BCUT2D eigenvalue weighted by Gasteiger charge is 2.51. The van der Waals surface area contributed by atoms with Gasteiger partial charge in [-0.15, -0.1) is 11.8 Å². The van der Waals surface area contributed by atoms with Crippen molar-refractivity contribution in [1.82, 2.24) is 9.29 Å². The lowest BCUT2D eigenvalue weighted by Crippen LogP contribution is -2.49. The first kappa shape index (κ1) is 25.6. The monoisotopic (exact) mass is 548 g/mol. The van der Waals surface area contributed by atoms with Crippen LogP contribution in [-0.2, 0) is 23.0 Å². The van der Waals surface area contributed by atoms with Crippen LogP contribution >= 0.6 is 11.8 Å². The van der Waals surface area contributed by atoms with Crippen molar-refractivity contribution < 1.29 is 26.4 Å². The Morgan fingerprint density at radius 3 is 2.59 bits per heavy atom. The molecule has 0 aliphatic carbocycles. The Labute approximate surface area is 216 Å². The molecular formula is C25H23F3N4O3S2. The van der Waals surface area contributed by atoms with E-state index in [1.54, 1.807) is 48.3 Å². The standard InChI is InChI=1S/C25H23F3N4O3S2/c26-25(27,28)37(34,35)31-14-18-8-4-5-9-22(18)32(19(15-31)11-10-17-6-2-1-3-7-17)24(33)21-12-20-23(13-29-21)36-16-30-20/h1-9,12-13,19,30H,10-11,14-16H2/t19-/m0/s1. The minimum absolute atomic E-state index is 0.125. The fraction of sp³-hybridized carbons (Fsp3) is 0.280. The van der Waals surface area contributed by atoms with E-state index in [1.807, 2.05) is 30.3 Å². The molecule has 12 heteroatoms. The highest BCUT2D eigenvalue weighted by atomic mass is 32.2. The van der Waals surface area contributed by atoms with Crippen molar-refractivity contribution in [2.45, 2.75) is 35.8 Å². The number of fused-ring (bicyclic) bond motifs is 2. The van der Waals surface area contributed by atoms with Crippen LogP contribution in [0.5, 0.6) is 0 Å². The third-order valence-corrected chi connectivity index (χ3v) is 8.88. The molecule has 0 radical (unpaired) electrons. The van der Waals surface area contributed by atoms with E-state index >= 15 is 0 Å². The van der Waals surface area contributed by atoms with E-state index in [-0.39, 0.29) is 12.1 Å². The Balaban J connectivity index is 1.58. The summed E-state index contributed by atoms with van der Waals surface area (Å²) in [5.41, 5.74) is -2.98.